The lowest BCUT2D eigenvalue weighted by Crippen LogP contribution is -1.95. The standard InChI is InChI=1S/C16H14ClN3O2/c1-10(2)11-4-3-5-13(8-11)18-20-19-16(22)14-9-12(17)6-7-15(14)21/h3-10H,1-2H3/p+1. The van der Waals surface area contributed by atoms with Gasteiger partial charge in [0.15, 0.2) is 10.8 Å². The van der Waals surface area contributed by atoms with Crippen molar-refractivity contribution in [1.29, 1.82) is 0 Å². The smallest absolute Gasteiger partial charge is 0.364 e. The number of carbonyl (C=O) groups is 1. The molecular formula is C16H15ClN3O2+. The Kier molecular flexibility index (Phi) is 5.04. The van der Waals surface area contributed by atoms with Gasteiger partial charge in [-0.3, -0.25) is 4.79 Å². The van der Waals surface area contributed by atoms with Crippen LogP contribution in [0.2, 0.25) is 5.02 Å². The summed E-state index contributed by atoms with van der Waals surface area (Å²) in [6, 6.07) is 11.7. The SMILES string of the molecule is CC(C)c1cccc(N=[N+]=NC(=O)c2cc(Cl)ccc2O)c1. The largest absolute Gasteiger partial charge is 0.507 e. The second-order valence-electron chi connectivity index (χ2n) is 5.01. The number of amides is 1. The normalized spacial score (nSPS) is 10.2. The predicted molar refractivity (Wildman–Crippen MR) is 84.6 cm³/mol. The fraction of sp³-hybridized carbons (Fsp3) is 0.188. The highest BCUT2D eigenvalue weighted by molar-refractivity contribution is 6.31. The lowest BCUT2D eigenvalue weighted by atomic mass is 10.0. The number of nitrogens with zero attached hydrogens (tertiary/aromatic N) is 3. The maximum atomic E-state index is 11.8. The molecule has 2 aromatic rings. The molecule has 0 aliphatic rings. The number of aromatic hydroxyl groups is 1. The second-order valence-corrected chi connectivity index (χ2v) is 5.44. The Balaban J connectivity index is 2.22. The summed E-state index contributed by atoms with van der Waals surface area (Å²) >= 11 is 5.78. The fourth-order valence-electron chi connectivity index (χ4n) is 1.79. The van der Waals surface area contributed by atoms with Crippen molar-refractivity contribution in [3.8, 4) is 5.75 Å². The van der Waals surface area contributed by atoms with Gasteiger partial charge in [-0.15, -0.1) is 0 Å². The molecule has 6 heteroatoms. The third kappa shape index (κ3) is 4.01. The number of rotatable bonds is 3. The molecule has 0 aromatic heterocycles. The number of halogens is 1. The Hall–Kier alpha value is -2.49. The van der Waals surface area contributed by atoms with Crippen LogP contribution in [0.1, 0.15) is 35.7 Å². The first-order chi connectivity index (χ1) is 10.5. The van der Waals surface area contributed by atoms with E-state index >= 15 is 0 Å². The van der Waals surface area contributed by atoms with Crippen LogP contribution in [-0.2, 0) is 0 Å². The average molecular weight is 317 g/mol. The summed E-state index contributed by atoms with van der Waals surface area (Å²) in [6.07, 6.45) is 0. The van der Waals surface area contributed by atoms with Gasteiger partial charge in [0.05, 0.1) is 5.56 Å². The zero-order valence-electron chi connectivity index (χ0n) is 12.2. The molecule has 22 heavy (non-hydrogen) atoms. The van der Waals surface area contributed by atoms with Gasteiger partial charge in [0.2, 0.25) is 10.0 Å². The van der Waals surface area contributed by atoms with Crippen LogP contribution in [0.25, 0.3) is 0 Å². The monoisotopic (exact) mass is 316 g/mol. The van der Waals surface area contributed by atoms with Crippen LogP contribution in [-0.4, -0.2) is 11.0 Å². The van der Waals surface area contributed by atoms with Crippen LogP contribution in [0, 0.1) is 0 Å². The van der Waals surface area contributed by atoms with Crippen molar-refractivity contribution in [1.82, 2.24) is 4.91 Å². The summed E-state index contributed by atoms with van der Waals surface area (Å²) in [5.41, 5.74) is 1.72. The third-order valence-corrected chi connectivity index (χ3v) is 3.26. The molecule has 1 N–H and O–H groups in total. The highest BCUT2D eigenvalue weighted by Gasteiger charge is 2.15. The van der Waals surface area contributed by atoms with Gasteiger partial charge in [0.25, 0.3) is 0 Å². The van der Waals surface area contributed by atoms with Crippen molar-refractivity contribution in [2.45, 2.75) is 19.8 Å². The Morgan fingerprint density at radius 1 is 1.23 bits per heavy atom. The molecule has 0 radical (unpaired) electrons. The lowest BCUT2D eigenvalue weighted by Gasteiger charge is -2.02. The molecule has 0 heterocycles. The van der Waals surface area contributed by atoms with E-state index in [-0.39, 0.29) is 11.3 Å². The maximum absolute atomic E-state index is 11.8. The van der Waals surface area contributed by atoms with Crippen LogP contribution in [0.4, 0.5) is 5.69 Å². The number of hydrogen-bond donors (Lipinski definition) is 1. The average Bonchev–Trinajstić information content (AvgIpc) is 2.50. The number of hydrogen-bond acceptors (Lipinski definition) is 3. The van der Waals surface area contributed by atoms with E-state index < -0.39 is 5.91 Å². The predicted octanol–water partition coefficient (Wildman–Crippen LogP) is 4.61. The van der Waals surface area contributed by atoms with Crippen molar-refractivity contribution in [2.75, 3.05) is 0 Å². The molecule has 2 aromatic carbocycles. The van der Waals surface area contributed by atoms with E-state index in [0.717, 1.165) is 5.56 Å². The van der Waals surface area contributed by atoms with Gasteiger partial charge in [-0.05, 0) is 41.8 Å². The number of benzene rings is 2. The fourth-order valence-corrected chi connectivity index (χ4v) is 1.97. The van der Waals surface area contributed by atoms with Crippen molar-refractivity contribution in [3.05, 3.63) is 58.6 Å². The van der Waals surface area contributed by atoms with E-state index in [1.807, 2.05) is 18.2 Å². The Bertz CT molecular complexity index is 766. The first kappa shape index (κ1) is 15.9. The molecule has 0 saturated carbocycles. The van der Waals surface area contributed by atoms with E-state index in [2.05, 4.69) is 29.0 Å². The zero-order chi connectivity index (χ0) is 16.1. The number of phenols is 1. The van der Waals surface area contributed by atoms with Gasteiger partial charge in [-0.1, -0.05) is 37.6 Å². The van der Waals surface area contributed by atoms with E-state index in [1.165, 1.54) is 18.2 Å². The van der Waals surface area contributed by atoms with Gasteiger partial charge in [0, 0.05) is 5.02 Å². The summed E-state index contributed by atoms with van der Waals surface area (Å²) in [4.78, 5) is 15.4. The van der Waals surface area contributed by atoms with Gasteiger partial charge in [-0.2, -0.15) is 0 Å². The summed E-state index contributed by atoms with van der Waals surface area (Å²) in [7, 11) is 0. The molecule has 0 aliphatic carbocycles. The molecule has 0 unspecified atom stereocenters. The highest BCUT2D eigenvalue weighted by Crippen LogP contribution is 2.22. The lowest BCUT2D eigenvalue weighted by molar-refractivity contribution is 0.0990. The van der Waals surface area contributed by atoms with E-state index in [1.54, 1.807) is 6.07 Å². The molecule has 0 fully saturated rings. The van der Waals surface area contributed by atoms with Crippen LogP contribution < -0.4 is 4.91 Å². The van der Waals surface area contributed by atoms with Crippen LogP contribution in [0.15, 0.2) is 52.7 Å². The Labute approximate surface area is 133 Å². The summed E-state index contributed by atoms with van der Waals surface area (Å²) in [6.45, 7) is 4.15. The first-order valence-electron chi connectivity index (χ1n) is 6.72. The van der Waals surface area contributed by atoms with Crippen LogP contribution >= 0.6 is 11.6 Å². The Morgan fingerprint density at radius 2 is 2.00 bits per heavy atom. The Morgan fingerprint density at radius 3 is 2.73 bits per heavy atom. The van der Waals surface area contributed by atoms with Gasteiger partial charge < -0.3 is 5.11 Å². The summed E-state index contributed by atoms with van der Waals surface area (Å²) in [5.74, 6) is -0.531. The third-order valence-electron chi connectivity index (χ3n) is 3.02. The number of phenolic OH excluding ortho intramolecular Hbond substituents is 1. The van der Waals surface area contributed by atoms with E-state index in [0.29, 0.717) is 16.6 Å². The minimum absolute atomic E-state index is 0.0117. The molecule has 0 saturated heterocycles. The first-order valence-corrected chi connectivity index (χ1v) is 7.09. The quantitative estimate of drug-likeness (QED) is 0.663. The molecule has 0 bridgehead atoms. The van der Waals surface area contributed by atoms with Gasteiger partial charge in [-0.25, -0.2) is 0 Å². The molecule has 1 amide bonds. The molecular weight excluding hydrogens is 302 g/mol. The van der Waals surface area contributed by atoms with E-state index in [9.17, 15) is 9.90 Å². The van der Waals surface area contributed by atoms with E-state index in [4.69, 9.17) is 11.6 Å². The highest BCUT2D eigenvalue weighted by atomic mass is 35.5. The van der Waals surface area contributed by atoms with Crippen molar-refractivity contribution >= 4 is 23.2 Å². The van der Waals surface area contributed by atoms with Crippen LogP contribution in [0.5, 0.6) is 5.75 Å². The molecule has 0 spiro atoms. The number of carbonyl (C=O) groups excluding carboxylic acids is 1. The minimum Gasteiger partial charge on any atom is -0.507 e. The van der Waals surface area contributed by atoms with Crippen molar-refractivity contribution in [3.63, 3.8) is 0 Å². The molecule has 0 aliphatic heterocycles. The van der Waals surface area contributed by atoms with Crippen molar-refractivity contribution in [2.24, 2.45) is 10.2 Å². The maximum Gasteiger partial charge on any atom is 0.364 e. The zero-order valence-corrected chi connectivity index (χ0v) is 12.9. The molecule has 2 rings (SSSR count). The summed E-state index contributed by atoms with van der Waals surface area (Å²) < 4.78 is 0. The topological polar surface area (TPSA) is 76.1 Å². The van der Waals surface area contributed by atoms with Gasteiger partial charge >= 0.3 is 5.91 Å². The minimum atomic E-state index is -0.705. The van der Waals surface area contributed by atoms with Gasteiger partial charge in [0.1, 0.15) is 5.75 Å². The molecule has 0 atom stereocenters. The second kappa shape index (κ2) is 6.98. The van der Waals surface area contributed by atoms with Crippen molar-refractivity contribution < 1.29 is 9.90 Å². The molecule has 112 valence electrons. The molecule has 5 nitrogen and oxygen atoms in total. The summed E-state index contributed by atoms with van der Waals surface area (Å²) in [5, 5.41) is 17.3. The van der Waals surface area contributed by atoms with Crippen LogP contribution in [0.3, 0.4) is 0 Å².